The number of hydrogen-bond acceptors (Lipinski definition) is 3. The van der Waals surface area contributed by atoms with Gasteiger partial charge in [-0.15, -0.1) is 0 Å². The molecule has 0 fully saturated rings. The van der Waals surface area contributed by atoms with Gasteiger partial charge in [-0.25, -0.2) is 4.79 Å². The van der Waals surface area contributed by atoms with Crippen LogP contribution in [0.5, 0.6) is 0 Å². The lowest BCUT2D eigenvalue weighted by molar-refractivity contribution is 0.0698. The van der Waals surface area contributed by atoms with Crippen LogP contribution in [0.15, 0.2) is 24.4 Å². The van der Waals surface area contributed by atoms with E-state index in [1.54, 1.807) is 12.1 Å². The first-order chi connectivity index (χ1) is 8.93. The Morgan fingerprint density at radius 2 is 1.84 bits per heavy atom. The highest BCUT2D eigenvalue weighted by molar-refractivity contribution is 6.49. The van der Waals surface area contributed by atoms with Gasteiger partial charge in [0.05, 0.1) is 32.0 Å². The number of carboxylic acid groups (broad SMARTS) is 1. The van der Waals surface area contributed by atoms with Gasteiger partial charge < -0.3 is 10.8 Å². The minimum absolute atomic E-state index is 0.0234. The third-order valence-electron chi connectivity index (χ3n) is 2.51. The summed E-state index contributed by atoms with van der Waals surface area (Å²) in [6.07, 6.45) is 1.34. The van der Waals surface area contributed by atoms with Gasteiger partial charge in [0.15, 0.2) is 0 Å². The van der Waals surface area contributed by atoms with E-state index in [-0.39, 0.29) is 27.0 Å². The zero-order valence-corrected chi connectivity index (χ0v) is 11.6. The van der Waals surface area contributed by atoms with Crippen molar-refractivity contribution in [2.24, 2.45) is 0 Å². The fourth-order valence-electron chi connectivity index (χ4n) is 1.58. The average Bonchev–Trinajstić information content (AvgIpc) is 2.37. The van der Waals surface area contributed by atoms with E-state index in [9.17, 15) is 4.79 Å². The predicted octanol–water partition coefficient (Wildman–Crippen LogP) is 3.99. The van der Waals surface area contributed by atoms with Crippen LogP contribution in [0.25, 0.3) is 11.3 Å². The summed E-state index contributed by atoms with van der Waals surface area (Å²) in [6, 6.07) is 4.44. The number of benzene rings is 1. The Labute approximate surface area is 123 Å². The van der Waals surface area contributed by atoms with Crippen molar-refractivity contribution in [2.75, 3.05) is 5.73 Å². The lowest BCUT2D eigenvalue weighted by Crippen LogP contribution is -2.05. The highest BCUT2D eigenvalue weighted by Crippen LogP contribution is 2.39. The van der Waals surface area contributed by atoms with E-state index in [2.05, 4.69) is 4.98 Å². The van der Waals surface area contributed by atoms with Crippen molar-refractivity contribution in [2.45, 2.75) is 0 Å². The molecule has 2 aromatic rings. The monoisotopic (exact) mass is 316 g/mol. The van der Waals surface area contributed by atoms with Crippen LogP contribution in [0.1, 0.15) is 10.4 Å². The summed E-state index contributed by atoms with van der Waals surface area (Å²) in [7, 11) is 0. The van der Waals surface area contributed by atoms with Crippen LogP contribution < -0.4 is 5.73 Å². The highest BCUT2D eigenvalue weighted by atomic mass is 35.5. The van der Waals surface area contributed by atoms with Gasteiger partial charge in [-0.1, -0.05) is 34.8 Å². The molecule has 3 N–H and O–H groups in total. The average molecular weight is 318 g/mol. The Bertz CT molecular complexity index is 674. The number of hydrogen-bond donors (Lipinski definition) is 2. The number of carbonyl (C=O) groups is 1. The van der Waals surface area contributed by atoms with Gasteiger partial charge in [0.2, 0.25) is 0 Å². The zero-order chi connectivity index (χ0) is 14.2. The second kappa shape index (κ2) is 5.25. The molecule has 2 rings (SSSR count). The molecule has 0 saturated heterocycles. The van der Waals surface area contributed by atoms with Crippen LogP contribution in [-0.2, 0) is 0 Å². The number of aromatic nitrogens is 1. The fourth-order valence-corrected chi connectivity index (χ4v) is 2.21. The maximum absolute atomic E-state index is 11.0. The van der Waals surface area contributed by atoms with Crippen LogP contribution in [0, 0.1) is 0 Å². The molecule has 1 aromatic carbocycles. The van der Waals surface area contributed by atoms with E-state index in [4.69, 9.17) is 45.6 Å². The summed E-state index contributed by atoms with van der Waals surface area (Å²) in [5, 5.41) is 9.66. The van der Waals surface area contributed by atoms with Crippen LogP contribution >= 0.6 is 34.8 Å². The number of nitrogens with two attached hydrogens (primary N) is 1. The third kappa shape index (κ3) is 2.47. The largest absolute Gasteiger partial charge is 0.478 e. The van der Waals surface area contributed by atoms with Crippen molar-refractivity contribution < 1.29 is 9.90 Å². The molecule has 0 amide bonds. The number of nitrogens with zero attached hydrogens (tertiary/aromatic N) is 1. The molecule has 0 unspecified atom stereocenters. The molecule has 0 radical (unpaired) electrons. The fraction of sp³-hybridized carbons (Fsp3) is 0. The molecular formula is C12H7Cl3N2O2. The summed E-state index contributed by atoms with van der Waals surface area (Å²) in [6.45, 7) is 0. The topological polar surface area (TPSA) is 76.2 Å². The van der Waals surface area contributed by atoms with Gasteiger partial charge in [0.25, 0.3) is 0 Å². The molecule has 0 aliphatic rings. The summed E-state index contributed by atoms with van der Waals surface area (Å²) < 4.78 is 0. The third-order valence-corrected chi connectivity index (χ3v) is 3.80. The molecule has 0 atom stereocenters. The van der Waals surface area contributed by atoms with Crippen molar-refractivity contribution in [1.29, 1.82) is 0 Å². The van der Waals surface area contributed by atoms with Gasteiger partial charge in [-0.2, -0.15) is 0 Å². The normalized spacial score (nSPS) is 10.5. The summed E-state index contributed by atoms with van der Waals surface area (Å²) in [5.41, 5.74) is 6.45. The number of nitrogen functional groups attached to an aromatic ring is 1. The maximum atomic E-state index is 11.0. The van der Waals surface area contributed by atoms with E-state index in [0.717, 1.165) is 0 Å². The van der Waals surface area contributed by atoms with Crippen LogP contribution in [0.2, 0.25) is 15.1 Å². The molecule has 1 aromatic heterocycles. The first-order valence-corrected chi connectivity index (χ1v) is 6.18. The van der Waals surface area contributed by atoms with Crippen LogP contribution in [0.4, 0.5) is 5.69 Å². The smallest absolute Gasteiger partial charge is 0.337 e. The Morgan fingerprint density at radius 3 is 2.47 bits per heavy atom. The van der Waals surface area contributed by atoms with E-state index in [1.807, 2.05) is 0 Å². The quantitative estimate of drug-likeness (QED) is 0.821. The Hall–Kier alpha value is -1.49. The van der Waals surface area contributed by atoms with Crippen LogP contribution in [0.3, 0.4) is 0 Å². The van der Waals surface area contributed by atoms with Crippen molar-refractivity contribution >= 4 is 46.5 Å². The summed E-state index contributed by atoms with van der Waals surface area (Å²) >= 11 is 17.8. The van der Waals surface area contributed by atoms with E-state index in [1.165, 1.54) is 12.3 Å². The summed E-state index contributed by atoms with van der Waals surface area (Å²) in [5.74, 6) is -1.14. The predicted molar refractivity (Wildman–Crippen MR) is 76.1 cm³/mol. The molecule has 0 bridgehead atoms. The zero-order valence-electron chi connectivity index (χ0n) is 9.32. The van der Waals surface area contributed by atoms with Gasteiger partial charge in [0, 0.05) is 11.8 Å². The highest BCUT2D eigenvalue weighted by Gasteiger charge is 2.17. The number of carboxylic acids is 1. The van der Waals surface area contributed by atoms with Crippen LogP contribution in [-0.4, -0.2) is 16.1 Å². The minimum atomic E-state index is -1.14. The first kappa shape index (κ1) is 13.9. The second-order valence-corrected chi connectivity index (χ2v) is 4.81. The molecule has 0 saturated carbocycles. The summed E-state index contributed by atoms with van der Waals surface area (Å²) in [4.78, 5) is 15.1. The van der Waals surface area contributed by atoms with Gasteiger partial charge >= 0.3 is 5.97 Å². The van der Waals surface area contributed by atoms with Gasteiger partial charge in [-0.3, -0.25) is 4.98 Å². The molecule has 7 heteroatoms. The van der Waals surface area contributed by atoms with Crippen molar-refractivity contribution in [1.82, 2.24) is 4.98 Å². The second-order valence-electron chi connectivity index (χ2n) is 3.65. The Balaban J connectivity index is 2.70. The number of pyridine rings is 1. The Kier molecular flexibility index (Phi) is 3.85. The van der Waals surface area contributed by atoms with Crippen molar-refractivity contribution in [3.8, 4) is 11.3 Å². The standard InChI is InChI=1S/C12H7Cl3N2O2/c13-7-2-1-5(8(14)9(7)15)11-10(16)6(12(18)19)3-4-17-11/h1-4H,16H2,(H,18,19). The molecule has 0 aliphatic carbocycles. The molecule has 0 spiro atoms. The van der Waals surface area contributed by atoms with E-state index >= 15 is 0 Å². The SMILES string of the molecule is Nc1c(C(=O)O)ccnc1-c1ccc(Cl)c(Cl)c1Cl. The van der Waals surface area contributed by atoms with Gasteiger partial charge in [-0.05, 0) is 18.2 Å². The minimum Gasteiger partial charge on any atom is -0.478 e. The molecule has 98 valence electrons. The van der Waals surface area contributed by atoms with Gasteiger partial charge in [0.1, 0.15) is 0 Å². The molecule has 1 heterocycles. The number of aromatic carboxylic acids is 1. The number of anilines is 1. The first-order valence-electron chi connectivity index (χ1n) is 5.05. The molecule has 0 aliphatic heterocycles. The van der Waals surface area contributed by atoms with Crippen molar-refractivity contribution in [3.05, 3.63) is 45.0 Å². The Morgan fingerprint density at radius 1 is 1.16 bits per heavy atom. The lowest BCUT2D eigenvalue weighted by Gasteiger charge is -2.10. The lowest BCUT2D eigenvalue weighted by atomic mass is 10.1. The molecule has 4 nitrogen and oxygen atoms in total. The number of halogens is 3. The molecule has 19 heavy (non-hydrogen) atoms. The molecular weight excluding hydrogens is 311 g/mol. The van der Waals surface area contributed by atoms with E-state index in [0.29, 0.717) is 10.6 Å². The maximum Gasteiger partial charge on any atom is 0.337 e. The number of rotatable bonds is 2. The van der Waals surface area contributed by atoms with E-state index < -0.39 is 5.97 Å². The van der Waals surface area contributed by atoms with Crippen molar-refractivity contribution in [3.63, 3.8) is 0 Å².